The van der Waals surface area contributed by atoms with Crippen LogP contribution in [0, 0.1) is 5.92 Å². The van der Waals surface area contributed by atoms with E-state index < -0.39 is 12.1 Å². The fraction of sp³-hybridized carbons (Fsp3) is 0.417. The summed E-state index contributed by atoms with van der Waals surface area (Å²) in [4.78, 5) is 11.0. The van der Waals surface area contributed by atoms with Crippen LogP contribution in [0.25, 0.3) is 0 Å². The van der Waals surface area contributed by atoms with Crippen LogP contribution >= 0.6 is 0 Å². The summed E-state index contributed by atoms with van der Waals surface area (Å²) in [5.74, 6) is -0.874. The van der Waals surface area contributed by atoms with Gasteiger partial charge in [0.2, 0.25) is 0 Å². The Balaban J connectivity index is 2.27. The van der Waals surface area contributed by atoms with Crippen LogP contribution < -0.4 is 5.32 Å². The van der Waals surface area contributed by atoms with Gasteiger partial charge in [-0.3, -0.25) is 0 Å². The first kappa shape index (κ1) is 11.1. The number of hydrogen-bond acceptors (Lipinski definition) is 3. The molecule has 4 heteroatoms. The van der Waals surface area contributed by atoms with E-state index in [-0.39, 0.29) is 11.5 Å². The van der Waals surface area contributed by atoms with Gasteiger partial charge in [0.15, 0.2) is 0 Å². The van der Waals surface area contributed by atoms with Crippen LogP contribution in [0.15, 0.2) is 24.3 Å². The lowest BCUT2D eigenvalue weighted by molar-refractivity contribution is 0.0680. The summed E-state index contributed by atoms with van der Waals surface area (Å²) in [5.41, 5.74) is 0.714. The topological polar surface area (TPSA) is 69.6 Å². The first-order valence-electron chi connectivity index (χ1n) is 5.41. The van der Waals surface area contributed by atoms with E-state index in [9.17, 15) is 9.90 Å². The Kier molecular flexibility index (Phi) is 3.22. The molecule has 1 aliphatic heterocycles. The fourth-order valence-corrected chi connectivity index (χ4v) is 2.15. The minimum Gasteiger partial charge on any atom is -0.478 e. The average Bonchev–Trinajstić information content (AvgIpc) is 2.81. The average molecular weight is 221 g/mol. The van der Waals surface area contributed by atoms with E-state index in [0.717, 1.165) is 19.5 Å². The number of carboxylic acid groups (broad SMARTS) is 1. The molecule has 1 heterocycles. The third kappa shape index (κ3) is 2.08. The number of aliphatic hydroxyl groups is 1. The van der Waals surface area contributed by atoms with E-state index in [0.29, 0.717) is 5.56 Å². The second kappa shape index (κ2) is 4.63. The predicted molar refractivity (Wildman–Crippen MR) is 59.3 cm³/mol. The molecule has 1 aromatic rings. The highest BCUT2D eigenvalue weighted by molar-refractivity contribution is 5.89. The van der Waals surface area contributed by atoms with Gasteiger partial charge < -0.3 is 15.5 Å². The summed E-state index contributed by atoms with van der Waals surface area (Å²) in [6, 6.07) is 6.65. The quantitative estimate of drug-likeness (QED) is 0.713. The first-order chi connectivity index (χ1) is 7.70. The highest BCUT2D eigenvalue weighted by atomic mass is 16.4. The first-order valence-corrected chi connectivity index (χ1v) is 5.41. The standard InChI is InChI=1S/C12H15NO3/c14-11(8-5-6-13-7-8)9-3-1-2-4-10(9)12(15)16/h1-4,8,11,13-14H,5-7H2,(H,15,16). The Bertz CT molecular complexity index is 386. The molecule has 2 rings (SSSR count). The third-order valence-electron chi connectivity index (χ3n) is 3.05. The van der Waals surface area contributed by atoms with Gasteiger partial charge in [-0.2, -0.15) is 0 Å². The second-order valence-electron chi connectivity index (χ2n) is 4.09. The Morgan fingerprint density at radius 2 is 2.19 bits per heavy atom. The number of carboxylic acids is 1. The lowest BCUT2D eigenvalue weighted by Gasteiger charge is -2.19. The van der Waals surface area contributed by atoms with Gasteiger partial charge in [0.05, 0.1) is 11.7 Å². The molecule has 86 valence electrons. The minimum absolute atomic E-state index is 0.112. The maximum absolute atomic E-state index is 11.0. The highest BCUT2D eigenvalue weighted by Gasteiger charge is 2.27. The number of benzene rings is 1. The van der Waals surface area contributed by atoms with Crippen LogP contribution in [-0.2, 0) is 0 Å². The molecular formula is C12H15NO3. The van der Waals surface area contributed by atoms with E-state index in [4.69, 9.17) is 5.11 Å². The molecule has 0 radical (unpaired) electrons. The minimum atomic E-state index is -0.986. The van der Waals surface area contributed by atoms with Crippen molar-refractivity contribution >= 4 is 5.97 Å². The Morgan fingerprint density at radius 3 is 2.81 bits per heavy atom. The zero-order valence-electron chi connectivity index (χ0n) is 8.89. The molecule has 16 heavy (non-hydrogen) atoms. The number of rotatable bonds is 3. The van der Waals surface area contributed by atoms with Crippen molar-refractivity contribution in [3.8, 4) is 0 Å². The molecule has 1 fully saturated rings. The van der Waals surface area contributed by atoms with Gasteiger partial charge in [-0.05, 0) is 24.6 Å². The third-order valence-corrected chi connectivity index (χ3v) is 3.05. The molecule has 0 saturated carbocycles. The lowest BCUT2D eigenvalue weighted by atomic mass is 9.92. The monoisotopic (exact) mass is 221 g/mol. The molecule has 1 saturated heterocycles. The summed E-state index contributed by atoms with van der Waals surface area (Å²) in [5, 5.41) is 22.3. The number of carbonyl (C=O) groups is 1. The van der Waals surface area contributed by atoms with Crippen LogP contribution in [0.5, 0.6) is 0 Å². The SMILES string of the molecule is O=C(O)c1ccccc1C(O)C1CCNC1. The normalized spacial score (nSPS) is 21.9. The molecule has 0 aromatic heterocycles. The molecule has 1 aromatic carbocycles. The maximum Gasteiger partial charge on any atom is 0.336 e. The van der Waals surface area contributed by atoms with E-state index in [1.807, 2.05) is 0 Å². The molecule has 2 atom stereocenters. The van der Waals surface area contributed by atoms with Gasteiger partial charge in [-0.1, -0.05) is 18.2 Å². The van der Waals surface area contributed by atoms with Gasteiger partial charge in [0, 0.05) is 12.5 Å². The predicted octanol–water partition coefficient (Wildman–Crippen LogP) is 1.03. The van der Waals surface area contributed by atoms with Gasteiger partial charge >= 0.3 is 5.97 Å². The highest BCUT2D eigenvalue weighted by Crippen LogP contribution is 2.28. The van der Waals surface area contributed by atoms with Crippen molar-refractivity contribution in [1.29, 1.82) is 0 Å². The summed E-state index contributed by atoms with van der Waals surface area (Å²) in [6.45, 7) is 1.63. The van der Waals surface area contributed by atoms with Crippen molar-refractivity contribution in [3.05, 3.63) is 35.4 Å². The Morgan fingerprint density at radius 1 is 1.44 bits per heavy atom. The van der Waals surface area contributed by atoms with E-state index >= 15 is 0 Å². The molecule has 0 spiro atoms. The molecule has 2 unspecified atom stereocenters. The van der Waals surface area contributed by atoms with Crippen LogP contribution in [0.1, 0.15) is 28.4 Å². The molecule has 3 N–H and O–H groups in total. The van der Waals surface area contributed by atoms with E-state index in [2.05, 4.69) is 5.32 Å². The molecule has 0 bridgehead atoms. The zero-order valence-corrected chi connectivity index (χ0v) is 8.89. The van der Waals surface area contributed by atoms with Gasteiger partial charge in [-0.25, -0.2) is 4.79 Å². The van der Waals surface area contributed by atoms with Crippen molar-refractivity contribution < 1.29 is 15.0 Å². The van der Waals surface area contributed by atoms with Gasteiger partial charge in [0.1, 0.15) is 0 Å². The molecule has 0 amide bonds. The van der Waals surface area contributed by atoms with Crippen molar-refractivity contribution in [2.75, 3.05) is 13.1 Å². The smallest absolute Gasteiger partial charge is 0.336 e. The fourth-order valence-electron chi connectivity index (χ4n) is 2.15. The summed E-state index contributed by atoms with van der Waals surface area (Å²) < 4.78 is 0. The lowest BCUT2D eigenvalue weighted by Crippen LogP contribution is -2.18. The largest absolute Gasteiger partial charge is 0.478 e. The number of nitrogens with one attached hydrogen (secondary N) is 1. The van der Waals surface area contributed by atoms with Crippen molar-refractivity contribution in [1.82, 2.24) is 5.32 Å². The van der Waals surface area contributed by atoms with Gasteiger partial charge in [-0.15, -0.1) is 0 Å². The van der Waals surface area contributed by atoms with Crippen LogP contribution in [0.4, 0.5) is 0 Å². The molecular weight excluding hydrogens is 206 g/mol. The summed E-state index contributed by atoms with van der Waals surface area (Å²) in [6.07, 6.45) is 0.192. The zero-order chi connectivity index (χ0) is 11.5. The summed E-state index contributed by atoms with van der Waals surface area (Å²) in [7, 11) is 0. The van der Waals surface area contributed by atoms with E-state index in [1.54, 1.807) is 18.2 Å². The molecule has 4 nitrogen and oxygen atoms in total. The molecule has 0 aliphatic carbocycles. The van der Waals surface area contributed by atoms with Crippen LogP contribution in [0.2, 0.25) is 0 Å². The molecule has 1 aliphatic rings. The summed E-state index contributed by atoms with van der Waals surface area (Å²) >= 11 is 0. The van der Waals surface area contributed by atoms with Crippen molar-refractivity contribution in [2.45, 2.75) is 12.5 Å². The Labute approximate surface area is 93.9 Å². The number of hydrogen-bond donors (Lipinski definition) is 3. The maximum atomic E-state index is 11.0. The van der Waals surface area contributed by atoms with Crippen molar-refractivity contribution in [3.63, 3.8) is 0 Å². The van der Waals surface area contributed by atoms with Crippen LogP contribution in [0.3, 0.4) is 0 Å². The van der Waals surface area contributed by atoms with Crippen molar-refractivity contribution in [2.24, 2.45) is 5.92 Å². The van der Waals surface area contributed by atoms with Crippen LogP contribution in [-0.4, -0.2) is 29.3 Å². The van der Waals surface area contributed by atoms with E-state index in [1.165, 1.54) is 6.07 Å². The Hall–Kier alpha value is -1.39. The van der Waals surface area contributed by atoms with Gasteiger partial charge in [0.25, 0.3) is 0 Å². The number of aromatic carboxylic acids is 1. The second-order valence-corrected chi connectivity index (χ2v) is 4.09. The number of aliphatic hydroxyl groups excluding tert-OH is 1.